The van der Waals surface area contributed by atoms with Crippen LogP contribution in [0.4, 0.5) is 5.69 Å². The molecule has 22 heavy (non-hydrogen) atoms. The van der Waals surface area contributed by atoms with Crippen molar-refractivity contribution in [1.29, 1.82) is 0 Å². The van der Waals surface area contributed by atoms with Crippen molar-refractivity contribution in [1.82, 2.24) is 5.32 Å². The van der Waals surface area contributed by atoms with Gasteiger partial charge in [-0.2, -0.15) is 0 Å². The molecule has 1 unspecified atom stereocenters. The fraction of sp³-hybridized carbons (Fsp3) is 0.438. The number of nitrogens with zero attached hydrogens (tertiary/aromatic N) is 1. The summed E-state index contributed by atoms with van der Waals surface area (Å²) in [6.45, 7) is 4.17. The highest BCUT2D eigenvalue weighted by molar-refractivity contribution is 5.98. The fourth-order valence-corrected chi connectivity index (χ4v) is 2.45. The number of rotatable bonds is 5. The Kier molecular flexibility index (Phi) is 4.80. The number of aliphatic carboxylic acids is 1. The molecule has 118 valence electrons. The molecular weight excluding hydrogens is 284 g/mol. The molecule has 0 aromatic heterocycles. The van der Waals surface area contributed by atoms with Gasteiger partial charge in [0.15, 0.2) is 0 Å². The van der Waals surface area contributed by atoms with Crippen LogP contribution in [0.25, 0.3) is 0 Å². The Labute approximate surface area is 129 Å². The highest BCUT2D eigenvalue weighted by Crippen LogP contribution is 2.21. The minimum atomic E-state index is -1.05. The molecule has 1 atom stereocenters. The van der Waals surface area contributed by atoms with E-state index in [1.807, 2.05) is 0 Å². The van der Waals surface area contributed by atoms with Crippen molar-refractivity contribution in [3.63, 3.8) is 0 Å². The van der Waals surface area contributed by atoms with Gasteiger partial charge in [-0.25, -0.2) is 4.79 Å². The molecule has 0 spiro atoms. The van der Waals surface area contributed by atoms with Crippen LogP contribution in [0.15, 0.2) is 24.3 Å². The number of carboxylic acid groups (broad SMARTS) is 1. The lowest BCUT2D eigenvalue weighted by atomic mass is 10.0. The molecule has 1 heterocycles. The summed E-state index contributed by atoms with van der Waals surface area (Å²) < 4.78 is 0. The van der Waals surface area contributed by atoms with Crippen molar-refractivity contribution in [3.8, 4) is 0 Å². The van der Waals surface area contributed by atoms with Crippen LogP contribution in [0.3, 0.4) is 0 Å². The number of carbonyl (C=O) groups excluding carboxylic acids is 2. The molecule has 1 aromatic carbocycles. The van der Waals surface area contributed by atoms with Crippen molar-refractivity contribution in [2.75, 3.05) is 11.4 Å². The summed E-state index contributed by atoms with van der Waals surface area (Å²) >= 11 is 0. The lowest BCUT2D eigenvalue weighted by Crippen LogP contribution is -2.44. The van der Waals surface area contributed by atoms with Gasteiger partial charge in [0.05, 0.1) is 0 Å². The third-order valence-electron chi connectivity index (χ3n) is 3.73. The van der Waals surface area contributed by atoms with Gasteiger partial charge in [0.25, 0.3) is 5.91 Å². The molecule has 6 heteroatoms. The summed E-state index contributed by atoms with van der Waals surface area (Å²) in [5, 5.41) is 11.6. The Morgan fingerprint density at radius 3 is 2.32 bits per heavy atom. The molecule has 2 N–H and O–H groups in total. The van der Waals surface area contributed by atoms with Crippen molar-refractivity contribution >= 4 is 23.5 Å². The molecule has 1 aliphatic heterocycles. The van der Waals surface area contributed by atoms with Crippen LogP contribution in [0.1, 0.15) is 37.0 Å². The SMILES string of the molecule is CC(C)C(NC(=O)c1ccc(N2CCCC2=O)cc1)C(=O)O. The minimum absolute atomic E-state index is 0.0861. The van der Waals surface area contributed by atoms with Crippen molar-refractivity contribution in [2.45, 2.75) is 32.7 Å². The van der Waals surface area contributed by atoms with Crippen LogP contribution in [0, 0.1) is 5.92 Å². The number of carbonyl (C=O) groups is 3. The number of carboxylic acids is 1. The number of nitrogens with one attached hydrogen (secondary N) is 1. The number of amides is 2. The van der Waals surface area contributed by atoms with Gasteiger partial charge in [-0.1, -0.05) is 13.8 Å². The van der Waals surface area contributed by atoms with E-state index < -0.39 is 17.9 Å². The largest absolute Gasteiger partial charge is 0.480 e. The maximum absolute atomic E-state index is 12.1. The van der Waals surface area contributed by atoms with Gasteiger partial charge in [0.1, 0.15) is 6.04 Å². The normalized spacial score (nSPS) is 16.0. The van der Waals surface area contributed by atoms with Crippen molar-refractivity contribution in [2.24, 2.45) is 5.92 Å². The first kappa shape index (κ1) is 16.0. The number of hydrogen-bond acceptors (Lipinski definition) is 3. The zero-order valence-electron chi connectivity index (χ0n) is 12.7. The predicted molar refractivity (Wildman–Crippen MR) is 81.8 cm³/mol. The fourth-order valence-electron chi connectivity index (χ4n) is 2.45. The van der Waals surface area contributed by atoms with Gasteiger partial charge >= 0.3 is 5.97 Å². The van der Waals surface area contributed by atoms with Gasteiger partial charge in [0, 0.05) is 24.2 Å². The van der Waals surface area contributed by atoms with Crippen LogP contribution < -0.4 is 10.2 Å². The Hall–Kier alpha value is -2.37. The molecule has 1 saturated heterocycles. The molecule has 0 radical (unpaired) electrons. The molecule has 1 aromatic rings. The first-order valence-corrected chi connectivity index (χ1v) is 7.34. The number of hydrogen-bond donors (Lipinski definition) is 2. The first-order chi connectivity index (χ1) is 10.4. The second-order valence-corrected chi connectivity index (χ2v) is 5.73. The highest BCUT2D eigenvalue weighted by Gasteiger charge is 2.25. The van der Waals surface area contributed by atoms with E-state index in [1.54, 1.807) is 43.0 Å². The van der Waals surface area contributed by atoms with Gasteiger partial charge in [-0.05, 0) is 36.6 Å². The standard InChI is InChI=1S/C16H20N2O4/c1-10(2)14(16(21)22)17-15(20)11-5-7-12(8-6-11)18-9-3-4-13(18)19/h5-8,10,14H,3-4,9H2,1-2H3,(H,17,20)(H,21,22). The molecule has 6 nitrogen and oxygen atoms in total. The van der Waals surface area contributed by atoms with E-state index in [4.69, 9.17) is 5.11 Å². The second kappa shape index (κ2) is 6.60. The van der Waals surface area contributed by atoms with Gasteiger partial charge in [0.2, 0.25) is 5.91 Å². The van der Waals surface area contributed by atoms with E-state index in [0.717, 1.165) is 12.1 Å². The summed E-state index contributed by atoms with van der Waals surface area (Å²) in [6, 6.07) is 5.71. The highest BCUT2D eigenvalue weighted by atomic mass is 16.4. The average molecular weight is 304 g/mol. The van der Waals surface area contributed by atoms with Crippen molar-refractivity contribution in [3.05, 3.63) is 29.8 Å². The molecule has 2 amide bonds. The predicted octanol–water partition coefficient (Wildman–Crippen LogP) is 1.65. The average Bonchev–Trinajstić information content (AvgIpc) is 2.90. The maximum atomic E-state index is 12.1. The third-order valence-corrected chi connectivity index (χ3v) is 3.73. The summed E-state index contributed by atoms with van der Waals surface area (Å²) in [5.41, 5.74) is 1.14. The zero-order chi connectivity index (χ0) is 16.3. The van der Waals surface area contributed by atoms with E-state index >= 15 is 0 Å². The maximum Gasteiger partial charge on any atom is 0.326 e. The Morgan fingerprint density at radius 2 is 1.86 bits per heavy atom. The summed E-state index contributed by atoms with van der Waals surface area (Å²) in [6.07, 6.45) is 1.40. The van der Waals surface area contributed by atoms with Gasteiger partial charge in [-0.15, -0.1) is 0 Å². The smallest absolute Gasteiger partial charge is 0.326 e. The van der Waals surface area contributed by atoms with Crippen molar-refractivity contribution < 1.29 is 19.5 Å². The molecule has 2 rings (SSSR count). The molecule has 1 fully saturated rings. The third kappa shape index (κ3) is 3.44. The van der Waals surface area contributed by atoms with E-state index in [1.165, 1.54) is 0 Å². The Bertz CT molecular complexity index is 580. The lowest BCUT2D eigenvalue weighted by molar-refractivity contribution is -0.140. The van der Waals surface area contributed by atoms with E-state index in [9.17, 15) is 14.4 Å². The van der Waals surface area contributed by atoms with Gasteiger partial charge < -0.3 is 15.3 Å². The van der Waals surface area contributed by atoms with Crippen LogP contribution in [0.5, 0.6) is 0 Å². The van der Waals surface area contributed by atoms with E-state index in [2.05, 4.69) is 5.32 Å². The molecule has 0 bridgehead atoms. The molecule has 0 aliphatic carbocycles. The zero-order valence-corrected chi connectivity index (χ0v) is 12.7. The van der Waals surface area contributed by atoms with Crippen LogP contribution in [-0.2, 0) is 9.59 Å². The minimum Gasteiger partial charge on any atom is -0.480 e. The Morgan fingerprint density at radius 1 is 1.23 bits per heavy atom. The molecule has 0 saturated carbocycles. The summed E-state index contributed by atoms with van der Waals surface area (Å²) in [7, 11) is 0. The summed E-state index contributed by atoms with van der Waals surface area (Å²) in [4.78, 5) is 36.6. The van der Waals surface area contributed by atoms with E-state index in [0.29, 0.717) is 18.5 Å². The monoisotopic (exact) mass is 304 g/mol. The quantitative estimate of drug-likeness (QED) is 0.866. The van der Waals surface area contributed by atoms with E-state index in [-0.39, 0.29) is 11.8 Å². The van der Waals surface area contributed by atoms with Crippen LogP contribution in [0.2, 0.25) is 0 Å². The van der Waals surface area contributed by atoms with Crippen LogP contribution >= 0.6 is 0 Å². The molecular formula is C16H20N2O4. The topological polar surface area (TPSA) is 86.7 Å². The second-order valence-electron chi connectivity index (χ2n) is 5.73. The van der Waals surface area contributed by atoms with Crippen LogP contribution in [-0.4, -0.2) is 35.5 Å². The number of anilines is 1. The van der Waals surface area contributed by atoms with Gasteiger partial charge in [-0.3, -0.25) is 9.59 Å². The Balaban J connectivity index is 2.08. The first-order valence-electron chi connectivity index (χ1n) is 7.34. The number of benzene rings is 1. The molecule has 1 aliphatic rings. The lowest BCUT2D eigenvalue weighted by Gasteiger charge is -2.19. The summed E-state index contributed by atoms with van der Waals surface area (Å²) in [5.74, 6) is -1.60.